The number of rotatable bonds is 5. The van der Waals surface area contributed by atoms with Crippen LogP contribution in [0.1, 0.15) is 17.2 Å². The first-order valence-electron chi connectivity index (χ1n) is 8.61. The molecular weight excluding hydrogens is 298 g/mol. The molecule has 0 aliphatic carbocycles. The molecule has 1 atom stereocenters. The molecule has 4 heteroatoms. The molecule has 0 amide bonds. The molecule has 1 unspecified atom stereocenters. The fourth-order valence-electron chi connectivity index (χ4n) is 3.46. The quantitative estimate of drug-likeness (QED) is 0.918. The summed E-state index contributed by atoms with van der Waals surface area (Å²) >= 11 is 0. The summed E-state index contributed by atoms with van der Waals surface area (Å²) in [5.74, 6) is 0.893. The van der Waals surface area contributed by atoms with Crippen molar-refractivity contribution < 1.29 is 4.74 Å². The van der Waals surface area contributed by atoms with Crippen LogP contribution in [0.4, 0.5) is 5.69 Å². The predicted molar refractivity (Wildman–Crippen MR) is 99.8 cm³/mol. The molecule has 1 saturated heterocycles. The number of hydrogen-bond donors (Lipinski definition) is 1. The summed E-state index contributed by atoms with van der Waals surface area (Å²) < 4.78 is 5.36. The Labute approximate surface area is 144 Å². The molecule has 0 aromatic heterocycles. The van der Waals surface area contributed by atoms with Gasteiger partial charge in [-0.1, -0.05) is 24.3 Å². The lowest BCUT2D eigenvalue weighted by Gasteiger charge is -2.40. The van der Waals surface area contributed by atoms with Crippen molar-refractivity contribution in [2.45, 2.75) is 13.0 Å². The van der Waals surface area contributed by atoms with E-state index in [1.54, 1.807) is 7.11 Å². The number of piperazine rings is 1. The predicted octanol–water partition coefficient (Wildman–Crippen LogP) is 2.83. The largest absolute Gasteiger partial charge is 0.497 e. The van der Waals surface area contributed by atoms with Crippen LogP contribution < -0.4 is 15.4 Å². The van der Waals surface area contributed by atoms with Gasteiger partial charge in [0.15, 0.2) is 0 Å². The van der Waals surface area contributed by atoms with Gasteiger partial charge in [0.2, 0.25) is 0 Å². The smallest absolute Gasteiger partial charge is 0.119 e. The van der Waals surface area contributed by atoms with Gasteiger partial charge in [0, 0.05) is 44.5 Å². The first-order chi connectivity index (χ1) is 11.7. The van der Waals surface area contributed by atoms with Crippen LogP contribution >= 0.6 is 0 Å². The molecular formula is C20H27N3O. The molecule has 2 N–H and O–H groups in total. The molecule has 2 aromatic carbocycles. The van der Waals surface area contributed by atoms with E-state index in [1.165, 1.54) is 16.8 Å². The van der Waals surface area contributed by atoms with Crippen LogP contribution in [0, 0.1) is 6.92 Å². The Bertz CT molecular complexity index is 665. The molecule has 128 valence electrons. The highest BCUT2D eigenvalue weighted by atomic mass is 16.5. The van der Waals surface area contributed by atoms with Crippen molar-refractivity contribution in [3.8, 4) is 5.75 Å². The molecule has 0 bridgehead atoms. The Balaban J connectivity index is 1.68. The second-order valence-electron chi connectivity index (χ2n) is 6.39. The Morgan fingerprint density at radius 2 is 1.79 bits per heavy atom. The molecule has 0 radical (unpaired) electrons. The van der Waals surface area contributed by atoms with Gasteiger partial charge in [0.05, 0.1) is 7.11 Å². The first-order valence-corrected chi connectivity index (χ1v) is 8.61. The number of ether oxygens (including phenoxy) is 1. The van der Waals surface area contributed by atoms with Gasteiger partial charge in [0.1, 0.15) is 5.75 Å². The molecule has 0 spiro atoms. The lowest BCUT2D eigenvalue weighted by atomic mass is 10.0. The van der Waals surface area contributed by atoms with Crippen molar-refractivity contribution in [3.63, 3.8) is 0 Å². The van der Waals surface area contributed by atoms with E-state index in [4.69, 9.17) is 10.5 Å². The fourth-order valence-corrected chi connectivity index (χ4v) is 3.46. The van der Waals surface area contributed by atoms with Gasteiger partial charge < -0.3 is 15.4 Å². The minimum absolute atomic E-state index is 0.250. The molecule has 0 saturated carbocycles. The Morgan fingerprint density at radius 3 is 2.46 bits per heavy atom. The number of hydrogen-bond acceptors (Lipinski definition) is 4. The second-order valence-corrected chi connectivity index (χ2v) is 6.39. The molecule has 24 heavy (non-hydrogen) atoms. The van der Waals surface area contributed by atoms with Crippen molar-refractivity contribution in [3.05, 3.63) is 59.7 Å². The molecule has 3 rings (SSSR count). The molecule has 2 aromatic rings. The maximum Gasteiger partial charge on any atom is 0.119 e. The lowest BCUT2D eigenvalue weighted by Crippen LogP contribution is -2.49. The van der Waals surface area contributed by atoms with Gasteiger partial charge in [-0.25, -0.2) is 0 Å². The Kier molecular flexibility index (Phi) is 5.38. The van der Waals surface area contributed by atoms with E-state index in [-0.39, 0.29) is 6.04 Å². The van der Waals surface area contributed by atoms with Gasteiger partial charge in [-0.15, -0.1) is 0 Å². The lowest BCUT2D eigenvalue weighted by molar-refractivity contribution is 0.190. The highest BCUT2D eigenvalue weighted by Crippen LogP contribution is 2.26. The Morgan fingerprint density at radius 1 is 1.04 bits per heavy atom. The van der Waals surface area contributed by atoms with Gasteiger partial charge in [-0.3, -0.25) is 4.90 Å². The third-order valence-electron chi connectivity index (χ3n) is 4.82. The number of benzene rings is 2. The highest BCUT2D eigenvalue weighted by Gasteiger charge is 2.24. The number of methoxy groups -OCH3 is 1. The molecule has 1 aliphatic heterocycles. The summed E-state index contributed by atoms with van der Waals surface area (Å²) in [4.78, 5) is 4.95. The van der Waals surface area contributed by atoms with Crippen LogP contribution in [0.3, 0.4) is 0 Å². The second kappa shape index (κ2) is 7.69. The maximum absolute atomic E-state index is 6.10. The normalized spacial score (nSPS) is 16.9. The zero-order chi connectivity index (χ0) is 16.9. The van der Waals surface area contributed by atoms with E-state index in [9.17, 15) is 0 Å². The molecule has 1 aliphatic rings. The van der Waals surface area contributed by atoms with Crippen LogP contribution in [0.25, 0.3) is 0 Å². The molecule has 1 heterocycles. The monoisotopic (exact) mass is 325 g/mol. The topological polar surface area (TPSA) is 41.7 Å². The van der Waals surface area contributed by atoms with E-state index in [0.717, 1.165) is 31.9 Å². The van der Waals surface area contributed by atoms with Crippen LogP contribution in [0.5, 0.6) is 5.75 Å². The van der Waals surface area contributed by atoms with Gasteiger partial charge >= 0.3 is 0 Å². The van der Waals surface area contributed by atoms with Crippen molar-refractivity contribution in [2.24, 2.45) is 5.73 Å². The van der Waals surface area contributed by atoms with Crippen molar-refractivity contribution in [1.29, 1.82) is 0 Å². The highest BCUT2D eigenvalue weighted by molar-refractivity contribution is 5.48. The van der Waals surface area contributed by atoms with Gasteiger partial charge in [-0.2, -0.15) is 0 Å². The van der Waals surface area contributed by atoms with Gasteiger partial charge in [0.25, 0.3) is 0 Å². The van der Waals surface area contributed by atoms with Crippen molar-refractivity contribution in [2.75, 3.05) is 44.7 Å². The van der Waals surface area contributed by atoms with E-state index < -0.39 is 0 Å². The average Bonchev–Trinajstić information content (AvgIpc) is 2.63. The van der Waals surface area contributed by atoms with E-state index in [0.29, 0.717) is 6.54 Å². The third-order valence-corrected chi connectivity index (χ3v) is 4.82. The third kappa shape index (κ3) is 3.71. The average molecular weight is 325 g/mol. The number of nitrogens with zero attached hydrogens (tertiary/aromatic N) is 2. The fraction of sp³-hybridized carbons (Fsp3) is 0.400. The zero-order valence-electron chi connectivity index (χ0n) is 14.6. The van der Waals surface area contributed by atoms with Crippen molar-refractivity contribution >= 4 is 5.69 Å². The molecule has 1 fully saturated rings. The summed E-state index contributed by atoms with van der Waals surface area (Å²) in [6, 6.07) is 17.3. The summed E-state index contributed by atoms with van der Waals surface area (Å²) in [5, 5.41) is 0. The molecule has 4 nitrogen and oxygen atoms in total. The number of aryl methyl sites for hydroxylation is 1. The SMILES string of the molecule is COc1cccc(C(CN)N2CCN(c3cccc(C)c3)CC2)c1. The minimum atomic E-state index is 0.250. The number of nitrogens with two attached hydrogens (primary N) is 1. The summed E-state index contributed by atoms with van der Waals surface area (Å²) in [6.07, 6.45) is 0. The summed E-state index contributed by atoms with van der Waals surface area (Å²) in [6.45, 7) is 6.87. The Hall–Kier alpha value is -2.04. The van der Waals surface area contributed by atoms with Crippen LogP contribution in [-0.2, 0) is 0 Å². The number of anilines is 1. The van der Waals surface area contributed by atoms with E-state index in [2.05, 4.69) is 53.1 Å². The van der Waals surface area contributed by atoms with Crippen LogP contribution in [0.2, 0.25) is 0 Å². The van der Waals surface area contributed by atoms with Crippen molar-refractivity contribution in [1.82, 2.24) is 4.90 Å². The van der Waals surface area contributed by atoms with E-state index >= 15 is 0 Å². The minimum Gasteiger partial charge on any atom is -0.497 e. The standard InChI is InChI=1S/C20H27N3O/c1-16-5-3-7-18(13-16)22-9-11-23(12-10-22)20(15-21)17-6-4-8-19(14-17)24-2/h3-8,13-14,20H,9-12,15,21H2,1-2H3. The van der Waals surface area contributed by atoms with E-state index in [1.807, 2.05) is 12.1 Å². The summed E-state index contributed by atoms with van der Waals surface area (Å²) in [5.41, 5.74) is 9.96. The first kappa shape index (κ1) is 16.8. The van der Waals surface area contributed by atoms with Gasteiger partial charge in [-0.05, 0) is 42.3 Å². The summed E-state index contributed by atoms with van der Waals surface area (Å²) in [7, 11) is 1.71. The van der Waals surface area contributed by atoms with Crippen LogP contribution in [-0.4, -0.2) is 44.7 Å². The maximum atomic E-state index is 6.10. The zero-order valence-corrected chi connectivity index (χ0v) is 14.6. The van der Waals surface area contributed by atoms with Crippen LogP contribution in [0.15, 0.2) is 48.5 Å².